The Kier molecular flexibility index (Phi) is 3.47. The number of hydrogen-bond acceptors (Lipinski definition) is 4. The van der Waals surface area contributed by atoms with Crippen LogP contribution in [0.15, 0.2) is 0 Å². The first-order chi connectivity index (χ1) is 6.42. The lowest BCUT2D eigenvalue weighted by Crippen LogP contribution is -2.56. The fraction of sp³-hybridized carbons (Fsp3) is 0.889. The minimum Gasteiger partial charge on any atom is -0.480 e. The van der Waals surface area contributed by atoms with Gasteiger partial charge in [0.1, 0.15) is 5.54 Å². The van der Waals surface area contributed by atoms with Crippen LogP contribution in [-0.2, 0) is 9.53 Å². The van der Waals surface area contributed by atoms with Crippen LogP contribution in [0.5, 0.6) is 0 Å². The third-order valence-corrected chi connectivity index (χ3v) is 2.37. The zero-order chi connectivity index (χ0) is 10.8. The summed E-state index contributed by atoms with van der Waals surface area (Å²) in [7, 11) is 0. The van der Waals surface area contributed by atoms with E-state index in [-0.39, 0.29) is 6.10 Å². The van der Waals surface area contributed by atoms with Crippen LogP contribution in [-0.4, -0.2) is 53.9 Å². The molecule has 0 aromatic rings. The molecule has 0 amide bonds. The lowest BCUT2D eigenvalue weighted by Gasteiger charge is -2.34. The molecule has 0 saturated carbocycles. The van der Waals surface area contributed by atoms with E-state index in [0.717, 1.165) is 13.1 Å². The van der Waals surface area contributed by atoms with Crippen LogP contribution in [0.3, 0.4) is 0 Å². The molecule has 0 aromatic heterocycles. The standard InChI is InChI=1S/C9H18N2O3/c1-7-5-11(3-4-14-7)6-9(2,10)8(12)13/h7H,3-6,10H2,1-2H3,(H,12,13). The number of carboxylic acids is 1. The van der Waals surface area contributed by atoms with Crippen LogP contribution in [0.2, 0.25) is 0 Å². The third kappa shape index (κ3) is 2.94. The Labute approximate surface area is 83.8 Å². The summed E-state index contributed by atoms with van der Waals surface area (Å²) in [5.41, 5.74) is 4.48. The maximum atomic E-state index is 10.8. The molecule has 2 unspecified atom stereocenters. The quantitative estimate of drug-likeness (QED) is 0.646. The highest BCUT2D eigenvalue weighted by Crippen LogP contribution is 2.09. The minimum absolute atomic E-state index is 0.161. The van der Waals surface area contributed by atoms with Crippen molar-refractivity contribution in [3.05, 3.63) is 0 Å². The highest BCUT2D eigenvalue weighted by Gasteiger charge is 2.31. The number of hydrogen-bond donors (Lipinski definition) is 2. The number of carbonyl (C=O) groups is 1. The van der Waals surface area contributed by atoms with Gasteiger partial charge in [0.05, 0.1) is 12.7 Å². The number of rotatable bonds is 3. The van der Waals surface area contributed by atoms with Crippen LogP contribution in [0.1, 0.15) is 13.8 Å². The van der Waals surface area contributed by atoms with Gasteiger partial charge in [-0.15, -0.1) is 0 Å². The van der Waals surface area contributed by atoms with Gasteiger partial charge in [-0.3, -0.25) is 9.69 Å². The molecule has 5 heteroatoms. The topological polar surface area (TPSA) is 75.8 Å². The number of aliphatic carboxylic acids is 1. The number of ether oxygens (including phenoxy) is 1. The molecule has 5 nitrogen and oxygen atoms in total. The minimum atomic E-state index is -1.17. The van der Waals surface area contributed by atoms with E-state index in [9.17, 15) is 4.79 Å². The summed E-state index contributed by atoms with van der Waals surface area (Å²) in [6.45, 7) is 6.04. The largest absolute Gasteiger partial charge is 0.480 e. The van der Waals surface area contributed by atoms with Gasteiger partial charge in [-0.05, 0) is 13.8 Å². The Hall–Kier alpha value is -0.650. The first-order valence-electron chi connectivity index (χ1n) is 4.78. The van der Waals surface area contributed by atoms with Gasteiger partial charge in [0, 0.05) is 19.6 Å². The molecule has 1 saturated heterocycles. The number of carboxylic acid groups (broad SMARTS) is 1. The van der Waals surface area contributed by atoms with Gasteiger partial charge in [-0.1, -0.05) is 0 Å². The van der Waals surface area contributed by atoms with E-state index in [1.165, 1.54) is 6.92 Å². The Morgan fingerprint density at radius 3 is 2.93 bits per heavy atom. The molecule has 14 heavy (non-hydrogen) atoms. The molecule has 0 aliphatic carbocycles. The summed E-state index contributed by atoms with van der Waals surface area (Å²) in [5.74, 6) is -0.961. The van der Waals surface area contributed by atoms with E-state index in [1.807, 2.05) is 11.8 Å². The molecule has 0 spiro atoms. The van der Waals surface area contributed by atoms with Crippen LogP contribution >= 0.6 is 0 Å². The van der Waals surface area contributed by atoms with E-state index in [1.54, 1.807) is 0 Å². The lowest BCUT2D eigenvalue weighted by atomic mass is 10.0. The first-order valence-corrected chi connectivity index (χ1v) is 4.78. The fourth-order valence-electron chi connectivity index (χ4n) is 1.57. The van der Waals surface area contributed by atoms with Crippen LogP contribution < -0.4 is 5.73 Å². The number of morpholine rings is 1. The monoisotopic (exact) mass is 202 g/mol. The van der Waals surface area contributed by atoms with Gasteiger partial charge in [0.15, 0.2) is 0 Å². The van der Waals surface area contributed by atoms with Crippen molar-refractivity contribution < 1.29 is 14.6 Å². The number of nitrogens with zero attached hydrogens (tertiary/aromatic N) is 1. The van der Waals surface area contributed by atoms with Crippen molar-refractivity contribution >= 4 is 5.97 Å². The van der Waals surface area contributed by atoms with E-state index >= 15 is 0 Å². The molecule has 2 atom stereocenters. The second kappa shape index (κ2) is 4.25. The van der Waals surface area contributed by atoms with Gasteiger partial charge in [-0.2, -0.15) is 0 Å². The van der Waals surface area contributed by atoms with Crippen LogP contribution in [0, 0.1) is 0 Å². The number of nitrogens with two attached hydrogens (primary N) is 1. The van der Waals surface area contributed by atoms with Gasteiger partial charge in [-0.25, -0.2) is 0 Å². The third-order valence-electron chi connectivity index (χ3n) is 2.37. The zero-order valence-corrected chi connectivity index (χ0v) is 8.69. The highest BCUT2D eigenvalue weighted by atomic mass is 16.5. The molecule has 1 fully saturated rings. The highest BCUT2D eigenvalue weighted by molar-refractivity contribution is 5.78. The Balaban J connectivity index is 2.47. The molecule has 0 radical (unpaired) electrons. The summed E-state index contributed by atoms with van der Waals surface area (Å²) in [4.78, 5) is 12.8. The smallest absolute Gasteiger partial charge is 0.324 e. The maximum Gasteiger partial charge on any atom is 0.324 e. The van der Waals surface area contributed by atoms with Crippen molar-refractivity contribution in [3.8, 4) is 0 Å². The molecule has 82 valence electrons. The average Bonchev–Trinajstić information content (AvgIpc) is 2.02. The molecular weight excluding hydrogens is 184 g/mol. The SMILES string of the molecule is CC1CN(CC(C)(N)C(=O)O)CCO1. The summed E-state index contributed by atoms with van der Waals surface area (Å²) in [6, 6.07) is 0. The zero-order valence-electron chi connectivity index (χ0n) is 8.69. The van der Waals surface area contributed by atoms with Gasteiger partial charge >= 0.3 is 5.97 Å². The Morgan fingerprint density at radius 1 is 1.79 bits per heavy atom. The second-order valence-corrected chi connectivity index (χ2v) is 4.14. The van der Waals surface area contributed by atoms with Crippen molar-refractivity contribution in [3.63, 3.8) is 0 Å². The Morgan fingerprint density at radius 2 is 2.43 bits per heavy atom. The molecule has 1 aliphatic rings. The van der Waals surface area contributed by atoms with Crippen molar-refractivity contribution in [2.24, 2.45) is 5.73 Å². The van der Waals surface area contributed by atoms with Crippen LogP contribution in [0.25, 0.3) is 0 Å². The van der Waals surface area contributed by atoms with Crippen molar-refractivity contribution in [1.82, 2.24) is 4.90 Å². The average molecular weight is 202 g/mol. The summed E-state index contributed by atoms with van der Waals surface area (Å²) >= 11 is 0. The predicted octanol–water partition coefficient (Wildman–Crippen LogP) is -0.491. The van der Waals surface area contributed by atoms with Crippen LogP contribution in [0.4, 0.5) is 0 Å². The van der Waals surface area contributed by atoms with Gasteiger partial charge in [0.25, 0.3) is 0 Å². The summed E-state index contributed by atoms with van der Waals surface area (Å²) in [6.07, 6.45) is 0.161. The molecule has 3 N–H and O–H groups in total. The van der Waals surface area contributed by atoms with Crippen molar-refractivity contribution in [2.75, 3.05) is 26.2 Å². The van der Waals surface area contributed by atoms with E-state index in [0.29, 0.717) is 13.2 Å². The molecule has 0 bridgehead atoms. The van der Waals surface area contributed by atoms with E-state index < -0.39 is 11.5 Å². The molecule has 1 heterocycles. The molecule has 1 rings (SSSR count). The maximum absolute atomic E-state index is 10.8. The molecular formula is C9H18N2O3. The fourth-order valence-corrected chi connectivity index (χ4v) is 1.57. The van der Waals surface area contributed by atoms with Gasteiger partial charge < -0.3 is 15.6 Å². The lowest BCUT2D eigenvalue weighted by molar-refractivity contribution is -0.144. The molecule has 0 aromatic carbocycles. The second-order valence-electron chi connectivity index (χ2n) is 4.14. The molecule has 1 aliphatic heterocycles. The summed E-state index contributed by atoms with van der Waals surface area (Å²) in [5, 5.41) is 8.85. The first kappa shape index (κ1) is 11.4. The van der Waals surface area contributed by atoms with E-state index in [4.69, 9.17) is 15.6 Å². The Bertz CT molecular complexity index is 218. The predicted molar refractivity (Wildman–Crippen MR) is 52.1 cm³/mol. The van der Waals surface area contributed by atoms with Gasteiger partial charge in [0.2, 0.25) is 0 Å². The summed E-state index contributed by atoms with van der Waals surface area (Å²) < 4.78 is 5.35. The van der Waals surface area contributed by atoms with Crippen molar-refractivity contribution in [2.45, 2.75) is 25.5 Å². The van der Waals surface area contributed by atoms with Crippen molar-refractivity contribution in [1.29, 1.82) is 0 Å². The van der Waals surface area contributed by atoms with E-state index in [2.05, 4.69) is 0 Å². The normalized spacial score (nSPS) is 28.4.